The summed E-state index contributed by atoms with van der Waals surface area (Å²) in [6.07, 6.45) is 1.45. The molecular formula is C22H12ClFN2O3S. The van der Waals surface area contributed by atoms with Gasteiger partial charge >= 0.3 is 0 Å². The number of hydrogen-bond donors (Lipinski definition) is 0. The highest BCUT2D eigenvalue weighted by molar-refractivity contribution is 8.18. The minimum absolute atomic E-state index is 0.0797. The number of thioether (sulfide) groups is 1. The number of carbonyl (C=O) groups excluding carboxylic acids is 2. The highest BCUT2D eigenvalue weighted by Crippen LogP contribution is 2.35. The average molecular weight is 439 g/mol. The van der Waals surface area contributed by atoms with Crippen LogP contribution >= 0.6 is 23.4 Å². The molecule has 8 heteroatoms. The summed E-state index contributed by atoms with van der Waals surface area (Å²) in [5.41, 5.74) is 1.17. The maximum atomic E-state index is 14.0. The molecule has 5 nitrogen and oxygen atoms in total. The van der Waals surface area contributed by atoms with Crippen molar-refractivity contribution in [3.63, 3.8) is 0 Å². The molecule has 1 aromatic heterocycles. The van der Waals surface area contributed by atoms with Gasteiger partial charge in [0.1, 0.15) is 17.3 Å². The maximum Gasteiger partial charge on any atom is 0.293 e. The fraction of sp³-hybridized carbons (Fsp3) is 0.0455. The number of halogens is 2. The number of hydrogen-bond acceptors (Lipinski definition) is 5. The summed E-state index contributed by atoms with van der Waals surface area (Å²) < 4.78 is 19.8. The molecule has 2 aromatic carbocycles. The number of furan rings is 1. The van der Waals surface area contributed by atoms with Gasteiger partial charge in [0.05, 0.1) is 23.1 Å². The summed E-state index contributed by atoms with van der Waals surface area (Å²) in [6.45, 7) is -0.257. The van der Waals surface area contributed by atoms with Gasteiger partial charge in [-0.2, -0.15) is 5.26 Å². The molecule has 1 aliphatic rings. The molecule has 148 valence electrons. The summed E-state index contributed by atoms with van der Waals surface area (Å²) in [6, 6.07) is 16.6. The van der Waals surface area contributed by atoms with Crippen LogP contribution in [0.15, 0.2) is 63.9 Å². The fourth-order valence-corrected chi connectivity index (χ4v) is 4.02. The normalized spacial score (nSPS) is 15.1. The molecule has 0 atom stereocenters. The van der Waals surface area contributed by atoms with Gasteiger partial charge in [-0.05, 0) is 48.2 Å². The molecule has 30 heavy (non-hydrogen) atoms. The number of amides is 2. The van der Waals surface area contributed by atoms with Crippen LogP contribution in [0.4, 0.5) is 9.18 Å². The van der Waals surface area contributed by atoms with Crippen LogP contribution in [0.2, 0.25) is 5.02 Å². The second-order valence-corrected chi connectivity index (χ2v) is 7.73. The number of rotatable bonds is 4. The van der Waals surface area contributed by atoms with Gasteiger partial charge < -0.3 is 4.42 Å². The Bertz CT molecular complexity index is 1220. The van der Waals surface area contributed by atoms with E-state index in [2.05, 4.69) is 6.07 Å². The van der Waals surface area contributed by atoms with Crippen LogP contribution in [0.3, 0.4) is 0 Å². The zero-order valence-corrected chi connectivity index (χ0v) is 16.8. The molecule has 4 rings (SSSR count). The largest absolute Gasteiger partial charge is 0.457 e. The van der Waals surface area contributed by atoms with Crippen molar-refractivity contribution in [1.82, 2.24) is 4.90 Å². The first-order valence-electron chi connectivity index (χ1n) is 8.75. The van der Waals surface area contributed by atoms with E-state index in [4.69, 9.17) is 16.0 Å². The third kappa shape index (κ3) is 3.75. The Labute approximate surface area is 180 Å². The van der Waals surface area contributed by atoms with Crippen molar-refractivity contribution in [3.8, 4) is 17.4 Å². The van der Waals surface area contributed by atoms with E-state index in [-0.39, 0.29) is 22.0 Å². The van der Waals surface area contributed by atoms with E-state index in [9.17, 15) is 19.2 Å². The van der Waals surface area contributed by atoms with Gasteiger partial charge in [-0.3, -0.25) is 14.5 Å². The van der Waals surface area contributed by atoms with E-state index in [1.54, 1.807) is 36.4 Å². The van der Waals surface area contributed by atoms with E-state index < -0.39 is 17.0 Å². The molecule has 0 radical (unpaired) electrons. The van der Waals surface area contributed by atoms with Crippen molar-refractivity contribution in [1.29, 1.82) is 5.26 Å². The monoisotopic (exact) mass is 438 g/mol. The molecule has 1 fully saturated rings. The van der Waals surface area contributed by atoms with Gasteiger partial charge in [0, 0.05) is 22.2 Å². The van der Waals surface area contributed by atoms with Crippen LogP contribution in [0.1, 0.15) is 16.9 Å². The summed E-state index contributed by atoms with van der Waals surface area (Å²) in [7, 11) is 0. The minimum atomic E-state index is -0.586. The Kier molecular flexibility index (Phi) is 5.44. The van der Waals surface area contributed by atoms with Crippen LogP contribution in [-0.4, -0.2) is 16.0 Å². The number of benzene rings is 2. The van der Waals surface area contributed by atoms with Crippen molar-refractivity contribution in [2.45, 2.75) is 6.54 Å². The van der Waals surface area contributed by atoms with Crippen LogP contribution in [0, 0.1) is 17.1 Å². The molecule has 2 amide bonds. The highest BCUT2D eigenvalue weighted by atomic mass is 35.5. The predicted molar refractivity (Wildman–Crippen MR) is 112 cm³/mol. The second-order valence-electron chi connectivity index (χ2n) is 6.33. The van der Waals surface area contributed by atoms with Crippen molar-refractivity contribution in [3.05, 3.63) is 87.2 Å². The fourth-order valence-electron chi connectivity index (χ4n) is 2.98. The number of nitriles is 1. The van der Waals surface area contributed by atoms with Crippen LogP contribution in [0.25, 0.3) is 17.4 Å². The van der Waals surface area contributed by atoms with E-state index in [0.29, 0.717) is 22.6 Å². The van der Waals surface area contributed by atoms with Crippen LogP contribution in [-0.2, 0) is 11.3 Å². The molecule has 0 saturated carbocycles. The molecule has 1 aliphatic heterocycles. The molecule has 0 N–H and O–H groups in total. The summed E-state index contributed by atoms with van der Waals surface area (Å²) in [5, 5.41) is 8.86. The van der Waals surface area contributed by atoms with Gasteiger partial charge in [-0.25, -0.2) is 4.39 Å². The topological polar surface area (TPSA) is 74.3 Å². The quantitative estimate of drug-likeness (QED) is 0.478. The van der Waals surface area contributed by atoms with Crippen molar-refractivity contribution >= 4 is 40.6 Å². The van der Waals surface area contributed by atoms with Crippen LogP contribution < -0.4 is 0 Å². The lowest BCUT2D eigenvalue weighted by molar-refractivity contribution is -0.123. The van der Waals surface area contributed by atoms with Gasteiger partial charge in [0.25, 0.3) is 11.1 Å². The number of imide groups is 1. The maximum absolute atomic E-state index is 14.0. The Morgan fingerprint density at radius 3 is 2.70 bits per heavy atom. The van der Waals surface area contributed by atoms with E-state index in [1.807, 2.05) is 0 Å². The third-order valence-electron chi connectivity index (χ3n) is 4.46. The van der Waals surface area contributed by atoms with Crippen molar-refractivity contribution in [2.75, 3.05) is 0 Å². The predicted octanol–water partition coefficient (Wildman–Crippen LogP) is 5.85. The smallest absolute Gasteiger partial charge is 0.293 e. The molecule has 1 saturated heterocycles. The molecule has 0 unspecified atom stereocenters. The second kappa shape index (κ2) is 8.19. The van der Waals surface area contributed by atoms with Crippen LogP contribution in [0.5, 0.6) is 0 Å². The molecule has 2 heterocycles. The van der Waals surface area contributed by atoms with E-state index in [0.717, 1.165) is 16.7 Å². The first-order chi connectivity index (χ1) is 14.5. The molecule has 0 bridgehead atoms. The third-order valence-corrected chi connectivity index (χ3v) is 5.73. The first-order valence-corrected chi connectivity index (χ1v) is 9.95. The number of nitrogens with zero attached hydrogens (tertiary/aromatic N) is 2. The molecule has 0 aliphatic carbocycles. The summed E-state index contributed by atoms with van der Waals surface area (Å²) >= 11 is 6.75. The first kappa shape index (κ1) is 20.0. The van der Waals surface area contributed by atoms with Crippen molar-refractivity contribution in [2.24, 2.45) is 0 Å². The Balaban J connectivity index is 1.59. The Hall–Kier alpha value is -3.34. The average Bonchev–Trinajstić information content (AvgIpc) is 3.30. The Morgan fingerprint density at radius 2 is 1.93 bits per heavy atom. The van der Waals surface area contributed by atoms with E-state index >= 15 is 0 Å². The van der Waals surface area contributed by atoms with Gasteiger partial charge in [0.2, 0.25) is 0 Å². The van der Waals surface area contributed by atoms with Gasteiger partial charge in [0.15, 0.2) is 0 Å². The zero-order chi connectivity index (χ0) is 21.3. The molecule has 0 spiro atoms. The SMILES string of the molecule is N#Cc1ccccc1-c1ccc(/C=C2/SC(=O)N(Cc3c(F)cccc3Cl)C2=O)o1. The zero-order valence-electron chi connectivity index (χ0n) is 15.3. The van der Waals surface area contributed by atoms with Crippen molar-refractivity contribution < 1.29 is 18.4 Å². The van der Waals surface area contributed by atoms with E-state index in [1.165, 1.54) is 24.3 Å². The lowest BCUT2D eigenvalue weighted by Crippen LogP contribution is -2.28. The standard InChI is InChI=1S/C22H12ClFN2O3S/c23-17-6-3-7-18(24)16(17)12-26-21(27)20(30-22(26)28)10-14-8-9-19(29-14)15-5-2-1-4-13(15)11-25/h1-10H,12H2/b20-10+. The highest BCUT2D eigenvalue weighted by Gasteiger charge is 2.36. The minimum Gasteiger partial charge on any atom is -0.457 e. The summed E-state index contributed by atoms with van der Waals surface area (Å²) in [5.74, 6) is -0.319. The van der Waals surface area contributed by atoms with Gasteiger partial charge in [-0.1, -0.05) is 29.8 Å². The lowest BCUT2D eigenvalue weighted by Gasteiger charge is -2.14. The Morgan fingerprint density at radius 1 is 1.13 bits per heavy atom. The molecular weight excluding hydrogens is 427 g/mol. The molecule has 3 aromatic rings. The number of carbonyl (C=O) groups is 2. The lowest BCUT2D eigenvalue weighted by atomic mass is 10.1. The van der Waals surface area contributed by atoms with Gasteiger partial charge in [-0.15, -0.1) is 0 Å². The summed E-state index contributed by atoms with van der Waals surface area (Å²) in [4.78, 5) is 26.1.